The molecule has 1 aromatic carbocycles. The lowest BCUT2D eigenvalue weighted by Crippen LogP contribution is -2.45. The van der Waals surface area contributed by atoms with Crippen LogP contribution in [-0.4, -0.2) is 64.0 Å². The molecule has 1 N–H and O–H groups in total. The van der Waals surface area contributed by atoms with Crippen LogP contribution in [0, 0.1) is 0 Å². The number of aromatic nitrogens is 4. The average molecular weight is 419 g/mol. The highest BCUT2D eigenvalue weighted by Gasteiger charge is 2.19. The van der Waals surface area contributed by atoms with E-state index < -0.39 is 0 Å². The second kappa shape index (κ2) is 9.48. The number of para-hydroxylation sites is 1. The van der Waals surface area contributed by atoms with E-state index in [-0.39, 0.29) is 11.9 Å². The van der Waals surface area contributed by atoms with Gasteiger partial charge in [0.15, 0.2) is 0 Å². The number of aryl methyl sites for hydroxylation is 1. The van der Waals surface area contributed by atoms with Crippen LogP contribution in [0.5, 0.6) is 11.9 Å². The lowest BCUT2D eigenvalue weighted by atomic mass is 10.2. The minimum atomic E-state index is -0.240. The number of nitrogens with one attached hydrogen (secondary N) is 1. The number of ether oxygens (including phenoxy) is 1. The molecule has 0 spiro atoms. The van der Waals surface area contributed by atoms with Crippen LogP contribution in [0.4, 0.5) is 11.6 Å². The Morgan fingerprint density at radius 3 is 2.48 bits per heavy atom. The highest BCUT2D eigenvalue weighted by molar-refractivity contribution is 6.04. The zero-order valence-corrected chi connectivity index (χ0v) is 17.7. The van der Waals surface area contributed by atoms with Gasteiger partial charge in [-0.05, 0) is 25.2 Å². The average Bonchev–Trinajstić information content (AvgIpc) is 2.80. The first-order valence-corrected chi connectivity index (χ1v) is 10.3. The zero-order valence-electron chi connectivity index (χ0n) is 17.7. The van der Waals surface area contributed by atoms with Crippen molar-refractivity contribution in [3.05, 3.63) is 60.0 Å². The number of rotatable bonds is 6. The summed E-state index contributed by atoms with van der Waals surface area (Å²) in [6, 6.07) is 12.8. The molecule has 1 aliphatic rings. The van der Waals surface area contributed by atoms with Crippen molar-refractivity contribution in [3.63, 3.8) is 0 Å². The first-order valence-electron chi connectivity index (χ1n) is 10.3. The van der Waals surface area contributed by atoms with Crippen LogP contribution in [-0.2, 0) is 6.42 Å². The van der Waals surface area contributed by atoms with Gasteiger partial charge in [0.1, 0.15) is 5.82 Å². The molecule has 3 aromatic rings. The number of amides is 1. The molecule has 3 heterocycles. The molecule has 1 saturated heterocycles. The van der Waals surface area contributed by atoms with Gasteiger partial charge in [-0.1, -0.05) is 25.1 Å². The van der Waals surface area contributed by atoms with Gasteiger partial charge in [-0.15, -0.1) is 0 Å². The maximum atomic E-state index is 12.4. The number of carbonyl (C=O) groups excluding carboxylic acids is 1. The Morgan fingerprint density at radius 2 is 1.81 bits per heavy atom. The Kier molecular flexibility index (Phi) is 6.32. The molecule has 0 atom stereocenters. The third-order valence-electron chi connectivity index (χ3n) is 4.98. The summed E-state index contributed by atoms with van der Waals surface area (Å²) in [4.78, 5) is 34.4. The van der Waals surface area contributed by atoms with E-state index in [2.05, 4.69) is 42.1 Å². The SMILES string of the molecule is CCc1nc(Oc2ccc(C(=O)Nc3ccccc3)cn2)nc(N2CCN(C)CC2)n1. The number of carbonyl (C=O) groups is 1. The van der Waals surface area contributed by atoms with Gasteiger partial charge in [0.05, 0.1) is 5.56 Å². The van der Waals surface area contributed by atoms with Crippen LogP contribution in [0.3, 0.4) is 0 Å². The molecule has 4 rings (SSSR count). The van der Waals surface area contributed by atoms with E-state index in [1.54, 1.807) is 12.1 Å². The third kappa shape index (κ3) is 5.32. The fraction of sp³-hybridized carbons (Fsp3) is 0.318. The predicted molar refractivity (Wildman–Crippen MR) is 118 cm³/mol. The number of benzene rings is 1. The highest BCUT2D eigenvalue weighted by atomic mass is 16.5. The number of nitrogens with zero attached hydrogens (tertiary/aromatic N) is 6. The second-order valence-corrected chi connectivity index (χ2v) is 7.29. The van der Waals surface area contributed by atoms with Gasteiger partial charge in [-0.3, -0.25) is 4.79 Å². The summed E-state index contributed by atoms with van der Waals surface area (Å²) in [6.07, 6.45) is 2.14. The van der Waals surface area contributed by atoms with Gasteiger partial charge in [-0.25, -0.2) is 4.98 Å². The van der Waals surface area contributed by atoms with Gasteiger partial charge in [0.25, 0.3) is 5.91 Å². The highest BCUT2D eigenvalue weighted by Crippen LogP contribution is 2.20. The first-order chi connectivity index (χ1) is 15.1. The van der Waals surface area contributed by atoms with E-state index >= 15 is 0 Å². The smallest absolute Gasteiger partial charge is 0.328 e. The molecule has 0 bridgehead atoms. The molecule has 0 radical (unpaired) electrons. The van der Waals surface area contributed by atoms with Crippen molar-refractivity contribution in [2.24, 2.45) is 0 Å². The van der Waals surface area contributed by atoms with Gasteiger partial charge < -0.3 is 19.9 Å². The fourth-order valence-electron chi connectivity index (χ4n) is 3.13. The normalized spacial score (nSPS) is 14.3. The van der Waals surface area contributed by atoms with Crippen molar-refractivity contribution in [2.45, 2.75) is 13.3 Å². The standard InChI is InChI=1S/C22H25N7O2/c1-3-18-25-21(29-13-11-28(2)12-14-29)27-22(26-18)31-19-10-9-16(15-23-19)20(30)24-17-7-5-4-6-8-17/h4-10,15H,3,11-14H2,1-2H3,(H,24,30). The molecule has 2 aromatic heterocycles. The maximum Gasteiger partial charge on any atom is 0.328 e. The molecular weight excluding hydrogens is 394 g/mol. The quantitative estimate of drug-likeness (QED) is 0.651. The molecule has 0 unspecified atom stereocenters. The van der Waals surface area contributed by atoms with Crippen molar-refractivity contribution in [3.8, 4) is 11.9 Å². The lowest BCUT2D eigenvalue weighted by Gasteiger charge is -2.32. The Bertz CT molecular complexity index is 1020. The van der Waals surface area contributed by atoms with E-state index in [0.29, 0.717) is 29.6 Å². The van der Waals surface area contributed by atoms with Gasteiger partial charge in [0, 0.05) is 50.6 Å². The second-order valence-electron chi connectivity index (χ2n) is 7.29. The summed E-state index contributed by atoms with van der Waals surface area (Å²) in [7, 11) is 2.10. The van der Waals surface area contributed by atoms with Crippen LogP contribution in [0.1, 0.15) is 23.1 Å². The van der Waals surface area contributed by atoms with Gasteiger partial charge >= 0.3 is 6.01 Å². The van der Waals surface area contributed by atoms with Crippen LogP contribution in [0.25, 0.3) is 0 Å². The number of piperazine rings is 1. The molecule has 0 saturated carbocycles. The van der Waals surface area contributed by atoms with Crippen molar-refractivity contribution in [2.75, 3.05) is 43.4 Å². The molecule has 31 heavy (non-hydrogen) atoms. The van der Waals surface area contributed by atoms with E-state index in [1.807, 2.05) is 37.3 Å². The van der Waals surface area contributed by atoms with Crippen molar-refractivity contribution in [1.82, 2.24) is 24.8 Å². The minimum Gasteiger partial charge on any atom is -0.405 e. The number of likely N-dealkylation sites (N-methyl/N-ethyl adjacent to an activating group) is 1. The molecule has 9 nitrogen and oxygen atoms in total. The summed E-state index contributed by atoms with van der Waals surface area (Å²) >= 11 is 0. The summed E-state index contributed by atoms with van der Waals surface area (Å²) in [5.74, 6) is 1.36. The minimum absolute atomic E-state index is 0.203. The predicted octanol–water partition coefficient (Wildman–Crippen LogP) is 2.63. The van der Waals surface area contributed by atoms with E-state index in [9.17, 15) is 4.79 Å². The largest absolute Gasteiger partial charge is 0.405 e. The van der Waals surface area contributed by atoms with Crippen LogP contribution < -0.4 is 15.0 Å². The Labute approximate surface area is 181 Å². The summed E-state index contributed by atoms with van der Waals surface area (Å²) in [6.45, 7) is 5.61. The zero-order chi connectivity index (χ0) is 21.6. The third-order valence-corrected chi connectivity index (χ3v) is 4.98. The number of pyridine rings is 1. The molecule has 0 aliphatic carbocycles. The number of hydrogen-bond acceptors (Lipinski definition) is 8. The van der Waals surface area contributed by atoms with Crippen LogP contribution >= 0.6 is 0 Å². The van der Waals surface area contributed by atoms with Crippen molar-refractivity contribution < 1.29 is 9.53 Å². The summed E-state index contributed by atoms with van der Waals surface area (Å²) < 4.78 is 5.78. The summed E-state index contributed by atoms with van der Waals surface area (Å²) in [5, 5.41) is 2.83. The Hall–Kier alpha value is -3.59. The Morgan fingerprint density at radius 1 is 1.03 bits per heavy atom. The first kappa shape index (κ1) is 20.7. The van der Waals surface area contributed by atoms with Gasteiger partial charge in [-0.2, -0.15) is 15.0 Å². The maximum absolute atomic E-state index is 12.4. The van der Waals surface area contributed by atoms with Crippen molar-refractivity contribution in [1.29, 1.82) is 0 Å². The number of anilines is 2. The van der Waals surface area contributed by atoms with E-state index in [0.717, 1.165) is 31.9 Å². The van der Waals surface area contributed by atoms with E-state index in [4.69, 9.17) is 4.74 Å². The van der Waals surface area contributed by atoms with Crippen molar-refractivity contribution >= 4 is 17.5 Å². The van der Waals surface area contributed by atoms with Gasteiger partial charge in [0.2, 0.25) is 11.8 Å². The van der Waals surface area contributed by atoms with Crippen LogP contribution in [0.15, 0.2) is 48.7 Å². The molecule has 9 heteroatoms. The fourth-order valence-corrected chi connectivity index (χ4v) is 3.13. The summed E-state index contributed by atoms with van der Waals surface area (Å²) in [5.41, 5.74) is 1.15. The molecule has 1 fully saturated rings. The molecule has 160 valence electrons. The molecule has 1 aliphatic heterocycles. The Balaban J connectivity index is 1.46. The molecular formula is C22H25N7O2. The lowest BCUT2D eigenvalue weighted by molar-refractivity contribution is 0.102. The monoisotopic (exact) mass is 419 g/mol. The molecule has 1 amide bonds. The number of hydrogen-bond donors (Lipinski definition) is 1. The van der Waals surface area contributed by atoms with Crippen LogP contribution in [0.2, 0.25) is 0 Å². The topological polar surface area (TPSA) is 96.4 Å². The van der Waals surface area contributed by atoms with E-state index in [1.165, 1.54) is 6.20 Å².